The Hall–Kier alpha value is -1.74. The molecule has 2 rings (SSSR count). The van der Waals surface area contributed by atoms with Crippen LogP contribution in [0.2, 0.25) is 10.0 Å². The summed E-state index contributed by atoms with van der Waals surface area (Å²) in [5, 5.41) is 9.18. The van der Waals surface area contributed by atoms with Crippen LogP contribution in [0.15, 0.2) is 41.3 Å². The van der Waals surface area contributed by atoms with E-state index < -0.39 is 10.0 Å². The van der Waals surface area contributed by atoms with Crippen LogP contribution in [0.3, 0.4) is 0 Å². The number of sulfonamides is 1. The molecule has 7 heteroatoms. The fraction of sp³-hybridized carbons (Fsp3) is 0.0714. The van der Waals surface area contributed by atoms with Crippen molar-refractivity contribution < 1.29 is 8.42 Å². The summed E-state index contributed by atoms with van der Waals surface area (Å²) in [4.78, 5) is -0.0949. The lowest BCUT2D eigenvalue weighted by Gasteiger charge is -2.12. The van der Waals surface area contributed by atoms with Crippen molar-refractivity contribution in [3.63, 3.8) is 0 Å². The van der Waals surface area contributed by atoms with E-state index in [1.807, 2.05) is 6.07 Å². The molecule has 0 fully saturated rings. The first-order chi connectivity index (χ1) is 9.83. The maximum Gasteiger partial charge on any atom is 0.263 e. The van der Waals surface area contributed by atoms with Crippen molar-refractivity contribution in [2.45, 2.75) is 11.8 Å². The van der Waals surface area contributed by atoms with Crippen molar-refractivity contribution in [2.24, 2.45) is 0 Å². The maximum absolute atomic E-state index is 12.4. The molecule has 2 aromatic rings. The molecule has 0 amide bonds. The Morgan fingerprint density at radius 2 is 1.86 bits per heavy atom. The average molecular weight is 341 g/mol. The molecule has 21 heavy (non-hydrogen) atoms. The number of nitrogens with zero attached hydrogens (tertiary/aromatic N) is 1. The van der Waals surface area contributed by atoms with Crippen molar-refractivity contribution in [3.8, 4) is 6.07 Å². The lowest BCUT2D eigenvalue weighted by atomic mass is 10.2. The van der Waals surface area contributed by atoms with Crippen LogP contribution in [0.4, 0.5) is 5.69 Å². The van der Waals surface area contributed by atoms with Gasteiger partial charge in [0, 0.05) is 5.02 Å². The average Bonchev–Trinajstić information content (AvgIpc) is 2.42. The zero-order valence-electron chi connectivity index (χ0n) is 10.9. The van der Waals surface area contributed by atoms with Crippen molar-refractivity contribution >= 4 is 38.9 Å². The smallest absolute Gasteiger partial charge is 0.263 e. The molecule has 0 aromatic heterocycles. The van der Waals surface area contributed by atoms with Gasteiger partial charge in [-0.25, -0.2) is 8.42 Å². The molecule has 0 unspecified atom stereocenters. The molecule has 0 bridgehead atoms. The fourth-order valence-electron chi connectivity index (χ4n) is 1.69. The van der Waals surface area contributed by atoms with E-state index in [1.165, 1.54) is 24.3 Å². The third-order valence-electron chi connectivity index (χ3n) is 2.79. The summed E-state index contributed by atoms with van der Waals surface area (Å²) >= 11 is 11.8. The van der Waals surface area contributed by atoms with Gasteiger partial charge >= 0.3 is 0 Å². The normalized spacial score (nSPS) is 11.0. The van der Waals surface area contributed by atoms with E-state index >= 15 is 0 Å². The molecule has 0 aliphatic heterocycles. The van der Waals surface area contributed by atoms with Crippen LogP contribution in [0, 0.1) is 18.3 Å². The summed E-state index contributed by atoms with van der Waals surface area (Å²) in [5.41, 5.74) is 1.40. The Labute approximate surface area is 133 Å². The van der Waals surface area contributed by atoms with Gasteiger partial charge in [0.25, 0.3) is 10.0 Å². The second kappa shape index (κ2) is 5.94. The number of anilines is 1. The van der Waals surface area contributed by atoms with Crippen molar-refractivity contribution in [1.29, 1.82) is 5.26 Å². The Kier molecular flexibility index (Phi) is 4.43. The van der Waals surface area contributed by atoms with Crippen LogP contribution >= 0.6 is 23.2 Å². The van der Waals surface area contributed by atoms with Gasteiger partial charge in [-0.15, -0.1) is 0 Å². The highest BCUT2D eigenvalue weighted by molar-refractivity contribution is 7.92. The summed E-state index contributed by atoms with van der Waals surface area (Å²) in [5.74, 6) is 0. The molecule has 0 heterocycles. The number of hydrogen-bond acceptors (Lipinski definition) is 3. The number of aryl methyl sites for hydroxylation is 1. The summed E-state index contributed by atoms with van der Waals surface area (Å²) in [6, 6.07) is 10.8. The standard InChI is InChI=1S/C14H10Cl2N2O2S/c1-9-2-4-11(15)7-13(9)18-21(19,20)14-5-3-10(8-17)6-12(14)16/h2-7,18H,1H3. The summed E-state index contributed by atoms with van der Waals surface area (Å²) in [6.45, 7) is 1.76. The topological polar surface area (TPSA) is 70.0 Å². The number of halogens is 2. The maximum atomic E-state index is 12.4. The first-order valence-corrected chi connectivity index (χ1v) is 8.06. The Bertz CT molecular complexity index is 843. The third kappa shape index (κ3) is 3.48. The zero-order valence-corrected chi connectivity index (χ0v) is 13.2. The number of benzene rings is 2. The molecule has 0 aliphatic carbocycles. The van der Waals surface area contributed by atoms with Crippen LogP contribution in [0.1, 0.15) is 11.1 Å². The van der Waals surface area contributed by atoms with Crippen LogP contribution in [-0.2, 0) is 10.0 Å². The molecular weight excluding hydrogens is 331 g/mol. The van der Waals surface area contributed by atoms with Crippen molar-refractivity contribution in [1.82, 2.24) is 0 Å². The Morgan fingerprint density at radius 3 is 2.48 bits per heavy atom. The van der Waals surface area contributed by atoms with Crippen LogP contribution in [0.25, 0.3) is 0 Å². The van der Waals surface area contributed by atoms with Crippen LogP contribution < -0.4 is 4.72 Å². The van der Waals surface area contributed by atoms with Gasteiger partial charge in [0.15, 0.2) is 0 Å². The van der Waals surface area contributed by atoms with Gasteiger partial charge in [0.05, 0.1) is 22.3 Å². The zero-order chi connectivity index (χ0) is 15.6. The summed E-state index contributed by atoms with van der Waals surface area (Å²) in [7, 11) is -3.86. The van der Waals surface area contributed by atoms with E-state index in [0.717, 1.165) is 5.56 Å². The number of hydrogen-bond donors (Lipinski definition) is 1. The van der Waals surface area contributed by atoms with Gasteiger partial charge in [-0.2, -0.15) is 5.26 Å². The predicted molar refractivity (Wildman–Crippen MR) is 83.2 cm³/mol. The largest absolute Gasteiger partial charge is 0.279 e. The molecule has 0 saturated heterocycles. The minimum atomic E-state index is -3.86. The van der Waals surface area contributed by atoms with E-state index in [2.05, 4.69) is 4.72 Å². The van der Waals surface area contributed by atoms with E-state index in [1.54, 1.807) is 19.1 Å². The molecule has 0 aliphatic rings. The van der Waals surface area contributed by atoms with Gasteiger partial charge in [-0.1, -0.05) is 29.3 Å². The third-order valence-corrected chi connectivity index (χ3v) is 4.88. The highest BCUT2D eigenvalue weighted by atomic mass is 35.5. The van der Waals surface area contributed by atoms with Crippen molar-refractivity contribution in [3.05, 3.63) is 57.6 Å². The van der Waals surface area contributed by atoms with Crippen LogP contribution in [-0.4, -0.2) is 8.42 Å². The molecule has 0 spiro atoms. The quantitative estimate of drug-likeness (QED) is 0.918. The number of nitriles is 1. The Morgan fingerprint density at radius 1 is 1.14 bits per heavy atom. The number of nitrogens with one attached hydrogen (secondary N) is 1. The lowest BCUT2D eigenvalue weighted by molar-refractivity contribution is 0.601. The van der Waals surface area contributed by atoms with Gasteiger partial charge < -0.3 is 0 Å². The summed E-state index contributed by atoms with van der Waals surface area (Å²) < 4.78 is 27.2. The van der Waals surface area contributed by atoms with Crippen LogP contribution in [0.5, 0.6) is 0 Å². The second-order valence-corrected chi connectivity index (χ2v) is 6.82. The SMILES string of the molecule is Cc1ccc(Cl)cc1NS(=O)(=O)c1ccc(C#N)cc1Cl. The first-order valence-electron chi connectivity index (χ1n) is 5.82. The Balaban J connectivity index is 2.44. The molecule has 108 valence electrons. The first kappa shape index (κ1) is 15.6. The number of rotatable bonds is 3. The monoisotopic (exact) mass is 340 g/mol. The van der Waals surface area contributed by atoms with Gasteiger partial charge in [-0.05, 0) is 42.8 Å². The van der Waals surface area contributed by atoms with Gasteiger partial charge in [0.2, 0.25) is 0 Å². The minimum absolute atomic E-state index is 0.0127. The molecule has 2 aromatic carbocycles. The molecule has 0 atom stereocenters. The highest BCUT2D eigenvalue weighted by Gasteiger charge is 2.19. The molecule has 1 N–H and O–H groups in total. The highest BCUT2D eigenvalue weighted by Crippen LogP contribution is 2.27. The van der Waals surface area contributed by atoms with Gasteiger partial charge in [0.1, 0.15) is 4.90 Å². The van der Waals surface area contributed by atoms with Gasteiger partial charge in [-0.3, -0.25) is 4.72 Å². The van der Waals surface area contributed by atoms with Crippen molar-refractivity contribution in [2.75, 3.05) is 4.72 Å². The van der Waals surface area contributed by atoms with E-state index in [-0.39, 0.29) is 15.5 Å². The molecular formula is C14H10Cl2N2O2S. The lowest BCUT2D eigenvalue weighted by Crippen LogP contribution is -2.14. The molecule has 4 nitrogen and oxygen atoms in total. The molecule has 0 radical (unpaired) electrons. The predicted octanol–water partition coefficient (Wildman–Crippen LogP) is 3.97. The summed E-state index contributed by atoms with van der Waals surface area (Å²) in [6.07, 6.45) is 0. The minimum Gasteiger partial charge on any atom is -0.279 e. The van der Waals surface area contributed by atoms with E-state index in [4.69, 9.17) is 28.5 Å². The second-order valence-electron chi connectivity index (χ2n) is 4.32. The fourth-order valence-corrected chi connectivity index (χ4v) is 3.53. The van der Waals surface area contributed by atoms with E-state index in [0.29, 0.717) is 10.7 Å². The van der Waals surface area contributed by atoms with E-state index in [9.17, 15) is 8.42 Å². The molecule has 0 saturated carbocycles.